The summed E-state index contributed by atoms with van der Waals surface area (Å²) < 4.78 is 39.7. The second kappa shape index (κ2) is 6.43. The van der Waals surface area contributed by atoms with E-state index in [1.165, 1.54) is 0 Å². The summed E-state index contributed by atoms with van der Waals surface area (Å²) in [7, 11) is -3.76. The zero-order valence-electron chi connectivity index (χ0n) is 11.0. The van der Waals surface area contributed by atoms with Crippen LogP contribution in [0.1, 0.15) is 11.1 Å². The van der Waals surface area contributed by atoms with Gasteiger partial charge in [-0.05, 0) is 42.3 Å². The smallest absolute Gasteiger partial charge is 0.240 e. The molecule has 1 aromatic carbocycles. The molecule has 0 saturated heterocycles. The number of hydrogen-bond donors (Lipinski definition) is 1. The highest BCUT2D eigenvalue weighted by Crippen LogP contribution is 2.14. The van der Waals surface area contributed by atoms with Crippen molar-refractivity contribution in [2.75, 3.05) is 6.54 Å². The van der Waals surface area contributed by atoms with Gasteiger partial charge in [0, 0.05) is 18.9 Å². The number of nitrogens with one attached hydrogen (secondary N) is 1. The Morgan fingerprint density at radius 1 is 1.24 bits per heavy atom. The summed E-state index contributed by atoms with van der Waals surface area (Å²) >= 11 is 0. The fraction of sp³-hybridized carbons (Fsp3) is 0.143. The molecule has 1 N–H and O–H groups in total. The molecule has 21 heavy (non-hydrogen) atoms. The highest BCUT2D eigenvalue weighted by molar-refractivity contribution is 7.89. The molecule has 7 heteroatoms. The summed E-state index contributed by atoms with van der Waals surface area (Å²) in [5.74, 6) is -0.742. The van der Waals surface area contributed by atoms with Crippen LogP contribution in [0, 0.1) is 17.1 Å². The van der Waals surface area contributed by atoms with Crippen LogP contribution in [0.3, 0.4) is 0 Å². The molecule has 108 valence electrons. The van der Waals surface area contributed by atoms with E-state index in [4.69, 9.17) is 5.26 Å². The summed E-state index contributed by atoms with van der Waals surface area (Å²) in [5, 5.41) is 8.72. The van der Waals surface area contributed by atoms with E-state index >= 15 is 0 Å². The van der Waals surface area contributed by atoms with Crippen LogP contribution in [0.25, 0.3) is 0 Å². The van der Waals surface area contributed by atoms with E-state index in [0.717, 1.165) is 23.8 Å². The third-order valence-electron chi connectivity index (χ3n) is 2.82. The van der Waals surface area contributed by atoms with Gasteiger partial charge in [-0.25, -0.2) is 17.5 Å². The van der Waals surface area contributed by atoms with Gasteiger partial charge in [-0.1, -0.05) is 0 Å². The number of aromatic nitrogens is 1. The molecule has 0 bridgehead atoms. The predicted octanol–water partition coefficient (Wildman–Crippen LogP) is 1.61. The molecule has 0 amide bonds. The maximum Gasteiger partial charge on any atom is 0.240 e. The fourth-order valence-corrected chi connectivity index (χ4v) is 2.78. The summed E-state index contributed by atoms with van der Waals surface area (Å²) in [4.78, 5) is 3.74. The Morgan fingerprint density at radius 2 is 1.95 bits per heavy atom. The van der Waals surface area contributed by atoms with E-state index in [1.54, 1.807) is 30.6 Å². The lowest BCUT2D eigenvalue weighted by Gasteiger charge is -2.07. The zero-order valence-corrected chi connectivity index (χ0v) is 11.8. The van der Waals surface area contributed by atoms with E-state index in [2.05, 4.69) is 9.71 Å². The minimum absolute atomic E-state index is 0.129. The normalized spacial score (nSPS) is 11.0. The van der Waals surface area contributed by atoms with Gasteiger partial charge in [0.1, 0.15) is 11.9 Å². The van der Waals surface area contributed by atoms with Crippen molar-refractivity contribution in [2.45, 2.75) is 11.3 Å². The predicted molar refractivity (Wildman–Crippen MR) is 74.2 cm³/mol. The van der Waals surface area contributed by atoms with E-state index in [-0.39, 0.29) is 17.0 Å². The molecule has 0 aliphatic heterocycles. The Hall–Kier alpha value is -2.30. The molecule has 0 atom stereocenters. The molecule has 0 radical (unpaired) electrons. The molecule has 0 saturated carbocycles. The fourth-order valence-electron chi connectivity index (χ4n) is 1.72. The van der Waals surface area contributed by atoms with Crippen molar-refractivity contribution in [3.63, 3.8) is 0 Å². The van der Waals surface area contributed by atoms with Gasteiger partial charge >= 0.3 is 0 Å². The molecule has 1 heterocycles. The number of pyridine rings is 1. The van der Waals surface area contributed by atoms with Gasteiger partial charge in [0.15, 0.2) is 0 Å². The summed E-state index contributed by atoms with van der Waals surface area (Å²) in [6.45, 7) is 0.200. The van der Waals surface area contributed by atoms with Crippen molar-refractivity contribution in [2.24, 2.45) is 0 Å². The van der Waals surface area contributed by atoms with Crippen LogP contribution >= 0.6 is 0 Å². The lowest BCUT2D eigenvalue weighted by molar-refractivity contribution is 0.580. The van der Waals surface area contributed by atoms with Crippen molar-refractivity contribution in [3.05, 3.63) is 59.7 Å². The summed E-state index contributed by atoms with van der Waals surface area (Å²) in [5.41, 5.74) is 0.650. The highest BCUT2D eigenvalue weighted by Gasteiger charge is 2.15. The lowest BCUT2D eigenvalue weighted by Crippen LogP contribution is -2.26. The number of hydrogen-bond acceptors (Lipinski definition) is 4. The maximum absolute atomic E-state index is 13.2. The van der Waals surface area contributed by atoms with Crippen LogP contribution in [0.5, 0.6) is 0 Å². The number of halogens is 1. The third-order valence-corrected chi connectivity index (χ3v) is 4.28. The third kappa shape index (κ3) is 3.84. The molecule has 0 unspecified atom stereocenters. The van der Waals surface area contributed by atoms with E-state index in [9.17, 15) is 12.8 Å². The minimum atomic E-state index is -3.76. The first kappa shape index (κ1) is 15.1. The number of rotatable bonds is 5. The highest BCUT2D eigenvalue weighted by atomic mass is 32.2. The van der Waals surface area contributed by atoms with Crippen LogP contribution in [0.15, 0.2) is 47.6 Å². The molecule has 0 aliphatic rings. The number of nitriles is 1. The standard InChI is InChI=1S/C14H12FN3O2S/c15-14-2-1-13(9-12(14)10-16)21(19,20)18-8-5-11-3-6-17-7-4-11/h1-4,6-7,9,18H,5,8H2. The molecule has 2 rings (SSSR count). The second-order valence-corrected chi connectivity index (χ2v) is 6.02. The average molecular weight is 305 g/mol. The molecule has 0 aliphatic carbocycles. The van der Waals surface area contributed by atoms with Crippen LogP contribution in [-0.4, -0.2) is 19.9 Å². The average Bonchev–Trinajstić information content (AvgIpc) is 2.48. The zero-order chi connectivity index (χ0) is 15.3. The Balaban J connectivity index is 2.07. The van der Waals surface area contributed by atoms with Crippen molar-refractivity contribution in [1.82, 2.24) is 9.71 Å². The van der Waals surface area contributed by atoms with Gasteiger partial charge in [0.2, 0.25) is 10.0 Å². The van der Waals surface area contributed by atoms with Crippen molar-refractivity contribution in [3.8, 4) is 6.07 Å². The lowest BCUT2D eigenvalue weighted by atomic mass is 10.2. The first-order valence-electron chi connectivity index (χ1n) is 6.11. The van der Waals surface area contributed by atoms with Crippen LogP contribution in [-0.2, 0) is 16.4 Å². The van der Waals surface area contributed by atoms with Gasteiger partial charge in [0.25, 0.3) is 0 Å². The van der Waals surface area contributed by atoms with Gasteiger partial charge in [0.05, 0.1) is 10.5 Å². The Kier molecular flexibility index (Phi) is 4.62. The monoisotopic (exact) mass is 305 g/mol. The van der Waals surface area contributed by atoms with Gasteiger partial charge in [-0.3, -0.25) is 4.98 Å². The first-order chi connectivity index (χ1) is 10.0. The molecule has 0 spiro atoms. The van der Waals surface area contributed by atoms with E-state index < -0.39 is 15.8 Å². The SMILES string of the molecule is N#Cc1cc(S(=O)(=O)NCCc2ccncc2)ccc1F. The van der Waals surface area contributed by atoms with Crippen molar-refractivity contribution in [1.29, 1.82) is 5.26 Å². The van der Waals surface area contributed by atoms with E-state index in [0.29, 0.717) is 6.42 Å². The molecular formula is C14H12FN3O2S. The van der Waals surface area contributed by atoms with Crippen LogP contribution in [0.4, 0.5) is 4.39 Å². The van der Waals surface area contributed by atoms with Crippen molar-refractivity contribution >= 4 is 10.0 Å². The summed E-state index contributed by atoms with van der Waals surface area (Å²) in [6.07, 6.45) is 3.76. The maximum atomic E-state index is 13.2. The first-order valence-corrected chi connectivity index (χ1v) is 7.59. The minimum Gasteiger partial charge on any atom is -0.265 e. The quantitative estimate of drug-likeness (QED) is 0.909. The largest absolute Gasteiger partial charge is 0.265 e. The topological polar surface area (TPSA) is 82.8 Å². The molecule has 1 aromatic heterocycles. The van der Waals surface area contributed by atoms with Gasteiger partial charge in [-0.2, -0.15) is 5.26 Å². The van der Waals surface area contributed by atoms with Crippen molar-refractivity contribution < 1.29 is 12.8 Å². The number of benzene rings is 1. The Bertz CT molecular complexity index is 771. The molecule has 0 fully saturated rings. The van der Waals surface area contributed by atoms with Crippen LogP contribution in [0.2, 0.25) is 0 Å². The van der Waals surface area contributed by atoms with Gasteiger partial charge < -0.3 is 0 Å². The number of sulfonamides is 1. The summed E-state index contributed by atoms with van der Waals surface area (Å²) in [6, 6.07) is 8.31. The van der Waals surface area contributed by atoms with Crippen LogP contribution < -0.4 is 4.72 Å². The Morgan fingerprint density at radius 3 is 2.62 bits per heavy atom. The molecular weight excluding hydrogens is 293 g/mol. The van der Waals surface area contributed by atoms with E-state index in [1.807, 2.05) is 0 Å². The molecule has 2 aromatic rings. The Labute approximate surface area is 122 Å². The molecule has 5 nitrogen and oxygen atoms in total. The van der Waals surface area contributed by atoms with Gasteiger partial charge in [-0.15, -0.1) is 0 Å². The number of nitrogens with zero attached hydrogens (tertiary/aromatic N) is 2. The second-order valence-electron chi connectivity index (χ2n) is 4.26.